The molecule has 0 aliphatic carbocycles. The number of hydroxylamine groups is 1. The van der Waals surface area contributed by atoms with Crippen LogP contribution < -0.4 is 5.48 Å². The maximum absolute atomic E-state index is 14.7. The van der Waals surface area contributed by atoms with Gasteiger partial charge in [-0.1, -0.05) is 0 Å². The Morgan fingerprint density at radius 2 is 1.56 bits per heavy atom. The number of hydrogen-bond donors (Lipinski definition) is 1. The largest absolute Gasteiger partial charge is 0.463 e. The second-order valence-corrected chi connectivity index (χ2v) is 5.21. The van der Waals surface area contributed by atoms with Gasteiger partial charge in [0, 0.05) is 27.7 Å². The van der Waals surface area contributed by atoms with E-state index in [4.69, 9.17) is 23.8 Å². The highest BCUT2D eigenvalue weighted by molar-refractivity contribution is 5.71. The van der Waals surface area contributed by atoms with Gasteiger partial charge >= 0.3 is 17.9 Å². The van der Waals surface area contributed by atoms with Gasteiger partial charge in [0.15, 0.2) is 18.4 Å². The number of alkyl halides is 1. The summed E-state index contributed by atoms with van der Waals surface area (Å²) in [6.07, 6.45) is -7.92. The Balaban J connectivity index is 3.04. The summed E-state index contributed by atoms with van der Waals surface area (Å²) >= 11 is 0. The van der Waals surface area contributed by atoms with E-state index >= 15 is 0 Å². The summed E-state index contributed by atoms with van der Waals surface area (Å²) in [7, 11) is 0. The highest BCUT2D eigenvalue weighted by Gasteiger charge is 2.51. The lowest BCUT2D eigenvalue weighted by molar-refractivity contribution is -0.301. The number of nitrogens with one attached hydrogen (secondary N) is 1. The summed E-state index contributed by atoms with van der Waals surface area (Å²) in [4.78, 5) is 49.4. The summed E-state index contributed by atoms with van der Waals surface area (Å²) in [6.45, 7) is 3.86. The zero-order valence-corrected chi connectivity index (χ0v) is 14.1. The van der Waals surface area contributed by atoms with Crippen LogP contribution >= 0.6 is 0 Å². The average molecular weight is 365 g/mol. The average Bonchev–Trinajstić information content (AvgIpc) is 2.46. The molecular weight excluding hydrogens is 345 g/mol. The van der Waals surface area contributed by atoms with Crippen molar-refractivity contribution in [2.75, 3.05) is 6.61 Å². The monoisotopic (exact) mass is 365 g/mol. The first-order valence-electron chi connectivity index (χ1n) is 7.31. The van der Waals surface area contributed by atoms with Crippen LogP contribution in [0.5, 0.6) is 0 Å². The Morgan fingerprint density at radius 3 is 2.04 bits per heavy atom. The number of carbonyl (C=O) groups is 4. The minimum Gasteiger partial charge on any atom is -0.463 e. The molecule has 1 amide bonds. The van der Waals surface area contributed by atoms with Crippen molar-refractivity contribution < 1.29 is 47.4 Å². The fourth-order valence-corrected chi connectivity index (χ4v) is 2.06. The molecule has 0 radical (unpaired) electrons. The summed E-state index contributed by atoms with van der Waals surface area (Å²) in [5.41, 5.74) is 1.95. The lowest BCUT2D eigenvalue weighted by Crippen LogP contribution is -2.61. The fraction of sp³-hybridized carbons (Fsp3) is 0.714. The van der Waals surface area contributed by atoms with Crippen LogP contribution in [0.2, 0.25) is 0 Å². The van der Waals surface area contributed by atoms with Crippen LogP contribution in [-0.2, 0) is 43.0 Å². The SMILES string of the molecule is CC(=O)NO[C@H]1[C@@H](OC(C)=O)O[C@H](COC(C)=O)[C@@H](F)[C@@H]1OC(C)=O. The second kappa shape index (κ2) is 9.28. The van der Waals surface area contributed by atoms with Gasteiger partial charge in [-0.2, -0.15) is 0 Å². The van der Waals surface area contributed by atoms with E-state index < -0.39 is 61.2 Å². The Bertz CT molecular complexity index is 526. The van der Waals surface area contributed by atoms with Gasteiger partial charge in [0.05, 0.1) is 0 Å². The van der Waals surface area contributed by atoms with Crippen LogP contribution in [0.25, 0.3) is 0 Å². The van der Waals surface area contributed by atoms with Crippen molar-refractivity contribution in [3.8, 4) is 0 Å². The van der Waals surface area contributed by atoms with Gasteiger partial charge in [0.1, 0.15) is 12.7 Å². The maximum atomic E-state index is 14.7. The van der Waals surface area contributed by atoms with E-state index in [1.165, 1.54) is 0 Å². The normalized spacial score (nSPS) is 28.6. The third-order valence-corrected chi connectivity index (χ3v) is 2.94. The van der Waals surface area contributed by atoms with Gasteiger partial charge in [-0.15, -0.1) is 0 Å². The molecule has 0 bridgehead atoms. The standard InChI is InChI=1S/C14H20FNO9/c1-6(17)16-25-13-12(22-8(3)19)11(15)10(5-21-7(2)18)24-14(13)23-9(4)20/h10-14H,5H2,1-4H3,(H,16,17)/t10-,11-,12+,13-,14+/m1/s1. The minimum atomic E-state index is -1.98. The number of esters is 3. The molecule has 1 aliphatic rings. The fourth-order valence-electron chi connectivity index (χ4n) is 2.06. The van der Waals surface area contributed by atoms with Crippen molar-refractivity contribution in [2.45, 2.75) is 58.5 Å². The number of carbonyl (C=O) groups excluding carboxylic acids is 4. The Hall–Kier alpha value is -2.27. The molecule has 1 rings (SSSR count). The van der Waals surface area contributed by atoms with E-state index in [0.717, 1.165) is 27.7 Å². The molecule has 1 aliphatic heterocycles. The van der Waals surface area contributed by atoms with E-state index in [1.807, 2.05) is 5.48 Å². The highest BCUT2D eigenvalue weighted by atomic mass is 19.1. The van der Waals surface area contributed by atoms with Gasteiger partial charge in [-0.25, -0.2) is 9.87 Å². The van der Waals surface area contributed by atoms with Crippen molar-refractivity contribution in [3.05, 3.63) is 0 Å². The smallest absolute Gasteiger partial charge is 0.305 e. The summed E-state index contributed by atoms with van der Waals surface area (Å²) < 4.78 is 34.4. The molecule has 1 N–H and O–H groups in total. The van der Waals surface area contributed by atoms with Gasteiger partial charge in [0.25, 0.3) is 0 Å². The number of ether oxygens (including phenoxy) is 4. The Labute approximate surface area is 142 Å². The van der Waals surface area contributed by atoms with E-state index in [2.05, 4.69) is 0 Å². The number of hydrogen-bond acceptors (Lipinski definition) is 9. The summed E-state index contributed by atoms with van der Waals surface area (Å²) in [5, 5.41) is 0. The number of amides is 1. The molecule has 0 unspecified atom stereocenters. The summed E-state index contributed by atoms with van der Waals surface area (Å²) in [5.74, 6) is -2.92. The molecule has 1 saturated heterocycles. The van der Waals surface area contributed by atoms with Crippen molar-refractivity contribution in [1.82, 2.24) is 5.48 Å². The lowest BCUT2D eigenvalue weighted by Gasteiger charge is -2.41. The highest BCUT2D eigenvalue weighted by Crippen LogP contribution is 2.29. The summed E-state index contributed by atoms with van der Waals surface area (Å²) in [6, 6.07) is 0. The van der Waals surface area contributed by atoms with Crippen molar-refractivity contribution in [1.29, 1.82) is 0 Å². The minimum absolute atomic E-state index is 0.501. The maximum Gasteiger partial charge on any atom is 0.305 e. The first-order chi connectivity index (χ1) is 11.6. The van der Waals surface area contributed by atoms with Crippen LogP contribution in [0, 0.1) is 0 Å². The third-order valence-electron chi connectivity index (χ3n) is 2.94. The predicted molar refractivity (Wildman–Crippen MR) is 76.2 cm³/mol. The van der Waals surface area contributed by atoms with E-state index in [-0.39, 0.29) is 0 Å². The molecule has 1 fully saturated rings. The van der Waals surface area contributed by atoms with E-state index in [1.54, 1.807) is 0 Å². The van der Waals surface area contributed by atoms with Crippen molar-refractivity contribution in [3.63, 3.8) is 0 Å². The van der Waals surface area contributed by atoms with Crippen LogP contribution in [0.3, 0.4) is 0 Å². The van der Waals surface area contributed by atoms with Crippen LogP contribution in [0.4, 0.5) is 4.39 Å². The molecule has 0 aromatic carbocycles. The van der Waals surface area contributed by atoms with Gasteiger partial charge in [0.2, 0.25) is 12.2 Å². The molecule has 11 heteroatoms. The molecule has 25 heavy (non-hydrogen) atoms. The molecule has 5 atom stereocenters. The lowest BCUT2D eigenvalue weighted by atomic mass is 10.00. The topological polar surface area (TPSA) is 126 Å². The van der Waals surface area contributed by atoms with E-state index in [0.29, 0.717) is 0 Å². The number of rotatable bonds is 6. The second-order valence-electron chi connectivity index (χ2n) is 5.21. The molecular formula is C14H20FNO9. The number of halogens is 1. The molecule has 0 aromatic rings. The van der Waals surface area contributed by atoms with Gasteiger partial charge < -0.3 is 18.9 Å². The van der Waals surface area contributed by atoms with Gasteiger partial charge in [-0.3, -0.25) is 24.0 Å². The molecule has 0 spiro atoms. The van der Waals surface area contributed by atoms with Crippen LogP contribution in [-0.4, -0.2) is 61.2 Å². The van der Waals surface area contributed by atoms with Gasteiger partial charge in [-0.05, 0) is 0 Å². The first-order valence-corrected chi connectivity index (χ1v) is 7.31. The zero-order valence-electron chi connectivity index (χ0n) is 14.1. The predicted octanol–water partition coefficient (Wildman–Crippen LogP) is -0.456. The quantitative estimate of drug-likeness (QED) is 0.378. The molecule has 0 saturated carbocycles. The molecule has 142 valence electrons. The van der Waals surface area contributed by atoms with Crippen molar-refractivity contribution in [2.24, 2.45) is 0 Å². The van der Waals surface area contributed by atoms with E-state index in [9.17, 15) is 23.6 Å². The first kappa shape index (κ1) is 20.8. The van der Waals surface area contributed by atoms with Crippen LogP contribution in [0.1, 0.15) is 27.7 Å². The van der Waals surface area contributed by atoms with Crippen molar-refractivity contribution >= 4 is 23.8 Å². The Kier molecular flexibility index (Phi) is 7.71. The van der Waals surface area contributed by atoms with Crippen LogP contribution in [0.15, 0.2) is 0 Å². The molecule has 10 nitrogen and oxygen atoms in total. The molecule has 1 heterocycles. The Morgan fingerprint density at radius 1 is 0.960 bits per heavy atom. The third kappa shape index (κ3) is 6.63. The molecule has 0 aromatic heterocycles. The zero-order chi connectivity index (χ0) is 19.1.